The van der Waals surface area contributed by atoms with Gasteiger partial charge in [0.2, 0.25) is 0 Å². The molecular weight excluding hydrogens is 386 g/mol. The molecule has 1 aliphatic rings. The first kappa shape index (κ1) is 19.7. The third-order valence-electron chi connectivity index (χ3n) is 4.01. The number of imidazole rings is 1. The van der Waals surface area contributed by atoms with Crippen molar-refractivity contribution in [2.45, 2.75) is 51.7 Å². The largest absolute Gasteiger partial charge is 0.462 e. The molecule has 7 heteroatoms. The van der Waals surface area contributed by atoms with E-state index in [1.807, 2.05) is 43.5 Å². The van der Waals surface area contributed by atoms with Crippen LogP contribution in [0.3, 0.4) is 0 Å². The highest BCUT2D eigenvalue weighted by Gasteiger charge is 2.19. The summed E-state index contributed by atoms with van der Waals surface area (Å²) < 4.78 is 7.42. The molecule has 0 spiro atoms. The Bertz CT molecular complexity index is 753. The van der Waals surface area contributed by atoms with Crippen LogP contribution in [0.4, 0.5) is 0 Å². The molecule has 1 atom stereocenters. The van der Waals surface area contributed by atoms with Crippen LogP contribution in [0.1, 0.15) is 46.1 Å². The highest BCUT2D eigenvalue weighted by molar-refractivity contribution is 9.10. The van der Waals surface area contributed by atoms with E-state index in [0.29, 0.717) is 12.5 Å². The first-order chi connectivity index (χ1) is 11.8. The number of aromatic nitrogens is 2. The van der Waals surface area contributed by atoms with E-state index in [0.717, 1.165) is 47.9 Å². The van der Waals surface area contributed by atoms with Gasteiger partial charge in [-0.1, -0.05) is 6.07 Å². The molecule has 0 radical (unpaired) electrons. The maximum atomic E-state index is 12.2. The molecule has 2 heterocycles. The first-order valence-corrected chi connectivity index (χ1v) is 9.33. The summed E-state index contributed by atoms with van der Waals surface area (Å²) in [6, 6.07) is 6.24. The lowest BCUT2D eigenvalue weighted by atomic mass is 10.1. The van der Waals surface area contributed by atoms with Gasteiger partial charge in [-0.15, -0.1) is 0 Å². The van der Waals surface area contributed by atoms with Crippen molar-refractivity contribution in [1.82, 2.24) is 14.9 Å². The van der Waals surface area contributed by atoms with Crippen LogP contribution in [0.2, 0.25) is 0 Å². The number of H-pyrrole nitrogens is 1. The van der Waals surface area contributed by atoms with E-state index in [1.54, 1.807) is 0 Å². The molecule has 0 saturated carbocycles. The summed E-state index contributed by atoms with van der Waals surface area (Å²) in [5.74, 6) is 0. The summed E-state index contributed by atoms with van der Waals surface area (Å²) in [6.07, 6.45) is 3.20. The third-order valence-corrected chi connectivity index (χ3v) is 4.67. The number of ether oxygens (including phenoxy) is 1. The summed E-state index contributed by atoms with van der Waals surface area (Å²) in [6.45, 7) is 7.96. The summed E-state index contributed by atoms with van der Waals surface area (Å²) in [5, 5.41) is 3.38. The van der Waals surface area contributed by atoms with E-state index in [9.17, 15) is 9.59 Å². The summed E-state index contributed by atoms with van der Waals surface area (Å²) in [7, 11) is 0. The molecule has 0 bridgehead atoms. The van der Waals surface area contributed by atoms with E-state index in [-0.39, 0.29) is 11.3 Å². The third kappa shape index (κ3) is 5.44. The van der Waals surface area contributed by atoms with Gasteiger partial charge in [0.05, 0.1) is 11.0 Å². The van der Waals surface area contributed by atoms with Crippen LogP contribution in [0.25, 0.3) is 11.0 Å². The zero-order chi connectivity index (χ0) is 18.4. The smallest absolute Gasteiger partial charge is 0.326 e. The molecule has 1 fully saturated rings. The van der Waals surface area contributed by atoms with E-state index in [2.05, 4.69) is 31.0 Å². The summed E-state index contributed by atoms with van der Waals surface area (Å²) in [5.41, 5.74) is 1.59. The van der Waals surface area contributed by atoms with Gasteiger partial charge in [0.1, 0.15) is 5.60 Å². The van der Waals surface area contributed by atoms with Crippen LogP contribution in [-0.4, -0.2) is 34.7 Å². The van der Waals surface area contributed by atoms with Crippen molar-refractivity contribution in [3.05, 3.63) is 33.2 Å². The Morgan fingerprint density at radius 1 is 1.28 bits per heavy atom. The van der Waals surface area contributed by atoms with Gasteiger partial charge in [0.25, 0.3) is 6.47 Å². The number of rotatable bonds is 2. The standard InChI is InChI=1S/C13H16BrN3O.C5H10O2/c14-10-4-1-5-11-12(10)16-13(18)17(11)9-3-2-7-15-8-6-9;1-5(2,3)7-4-6/h1,4-5,9,15H,2-3,6-8H2,(H,16,18);4H,1-3H3. The van der Waals surface area contributed by atoms with Crippen molar-refractivity contribution in [2.24, 2.45) is 0 Å². The topological polar surface area (TPSA) is 76.1 Å². The lowest BCUT2D eigenvalue weighted by Gasteiger charge is -2.15. The molecule has 1 aromatic carbocycles. The van der Waals surface area contributed by atoms with Crippen molar-refractivity contribution < 1.29 is 9.53 Å². The molecule has 2 N–H and O–H groups in total. The Balaban J connectivity index is 0.000000277. The van der Waals surface area contributed by atoms with Gasteiger partial charge in [-0.05, 0) is 81.2 Å². The van der Waals surface area contributed by atoms with Crippen molar-refractivity contribution in [1.29, 1.82) is 0 Å². The Labute approximate surface area is 156 Å². The zero-order valence-electron chi connectivity index (χ0n) is 15.0. The van der Waals surface area contributed by atoms with Crippen molar-refractivity contribution in [2.75, 3.05) is 13.1 Å². The van der Waals surface area contributed by atoms with Crippen LogP contribution in [0, 0.1) is 0 Å². The maximum Gasteiger partial charge on any atom is 0.326 e. The highest BCUT2D eigenvalue weighted by atomic mass is 79.9. The van der Waals surface area contributed by atoms with Gasteiger partial charge in [0.15, 0.2) is 0 Å². The number of nitrogens with zero attached hydrogens (tertiary/aromatic N) is 1. The number of fused-ring (bicyclic) bond motifs is 1. The minimum atomic E-state index is -0.318. The van der Waals surface area contributed by atoms with E-state index in [4.69, 9.17) is 0 Å². The van der Waals surface area contributed by atoms with Gasteiger partial charge in [-0.2, -0.15) is 0 Å². The predicted octanol–water partition coefficient (Wildman–Crippen LogP) is 3.36. The molecule has 1 aliphatic heterocycles. The van der Waals surface area contributed by atoms with Crippen molar-refractivity contribution in [3.8, 4) is 0 Å². The molecule has 0 aliphatic carbocycles. The minimum absolute atomic E-state index is 0.00352. The number of carbonyl (C=O) groups excluding carboxylic acids is 1. The molecule has 3 rings (SSSR count). The summed E-state index contributed by atoms with van der Waals surface area (Å²) >= 11 is 3.49. The Morgan fingerprint density at radius 3 is 2.68 bits per heavy atom. The molecule has 138 valence electrons. The van der Waals surface area contributed by atoms with Crippen LogP contribution in [-0.2, 0) is 9.53 Å². The van der Waals surface area contributed by atoms with Gasteiger partial charge in [-0.3, -0.25) is 9.36 Å². The lowest BCUT2D eigenvalue weighted by Crippen LogP contribution is -2.23. The number of carbonyl (C=O) groups is 1. The molecule has 6 nitrogen and oxygen atoms in total. The SMILES string of the molecule is CC(C)(C)OC=O.O=c1[nH]c2c(Br)cccc2n1C1CCCNCC1. The Kier molecular flexibility index (Phi) is 6.84. The van der Waals surface area contributed by atoms with Crippen molar-refractivity contribution >= 4 is 33.4 Å². The van der Waals surface area contributed by atoms with Gasteiger partial charge >= 0.3 is 5.69 Å². The molecular formula is C18H26BrN3O3. The van der Waals surface area contributed by atoms with Gasteiger partial charge in [0, 0.05) is 10.5 Å². The number of nitrogens with one attached hydrogen (secondary N) is 2. The molecule has 1 unspecified atom stereocenters. The van der Waals surface area contributed by atoms with E-state index in [1.165, 1.54) is 0 Å². The van der Waals surface area contributed by atoms with Gasteiger partial charge < -0.3 is 15.0 Å². The number of hydrogen-bond donors (Lipinski definition) is 2. The molecule has 1 aromatic heterocycles. The maximum absolute atomic E-state index is 12.2. The monoisotopic (exact) mass is 411 g/mol. The fraction of sp³-hybridized carbons (Fsp3) is 0.556. The number of benzene rings is 1. The number of aromatic amines is 1. The second kappa shape index (κ2) is 8.67. The molecule has 0 amide bonds. The number of para-hydroxylation sites is 1. The lowest BCUT2D eigenvalue weighted by molar-refractivity contribution is -0.138. The molecule has 2 aromatic rings. The van der Waals surface area contributed by atoms with Crippen LogP contribution in [0.5, 0.6) is 0 Å². The zero-order valence-corrected chi connectivity index (χ0v) is 16.6. The molecule has 25 heavy (non-hydrogen) atoms. The fourth-order valence-electron chi connectivity index (χ4n) is 2.88. The second-order valence-corrected chi connectivity index (χ2v) is 7.95. The molecule has 1 saturated heterocycles. The van der Waals surface area contributed by atoms with Crippen LogP contribution >= 0.6 is 15.9 Å². The van der Waals surface area contributed by atoms with Crippen LogP contribution < -0.4 is 11.0 Å². The average Bonchev–Trinajstić information content (AvgIpc) is 2.71. The van der Waals surface area contributed by atoms with E-state index >= 15 is 0 Å². The minimum Gasteiger partial charge on any atom is -0.462 e. The number of halogens is 1. The average molecular weight is 412 g/mol. The Morgan fingerprint density at radius 2 is 2.04 bits per heavy atom. The van der Waals surface area contributed by atoms with Gasteiger partial charge in [-0.25, -0.2) is 4.79 Å². The van der Waals surface area contributed by atoms with Crippen LogP contribution in [0.15, 0.2) is 27.5 Å². The quantitative estimate of drug-likeness (QED) is 0.742. The predicted molar refractivity (Wildman–Crippen MR) is 103 cm³/mol. The van der Waals surface area contributed by atoms with Crippen molar-refractivity contribution in [3.63, 3.8) is 0 Å². The highest BCUT2D eigenvalue weighted by Crippen LogP contribution is 2.26. The Hall–Kier alpha value is -1.60. The number of hydrogen-bond acceptors (Lipinski definition) is 4. The second-order valence-electron chi connectivity index (χ2n) is 7.10. The first-order valence-electron chi connectivity index (χ1n) is 8.54. The summed E-state index contributed by atoms with van der Waals surface area (Å²) in [4.78, 5) is 24.7. The normalized spacial score (nSPS) is 18.2. The fourth-order valence-corrected chi connectivity index (χ4v) is 3.33. The van der Waals surface area contributed by atoms with E-state index < -0.39 is 0 Å².